The monoisotopic (exact) mass is 339 g/mol. The SMILES string of the molecule is C.C=NOC.CC.CNC(C)=O.COC(C)=O.CON=C(C)C. The number of ether oxygens (including phenoxy) is 1. The van der Waals surface area contributed by atoms with E-state index in [4.69, 9.17) is 0 Å². The van der Waals surface area contributed by atoms with Crippen LogP contribution in [0.3, 0.4) is 0 Å². The highest BCUT2D eigenvalue weighted by molar-refractivity contribution is 5.78. The number of hydrogen-bond acceptors (Lipinski definition) is 7. The van der Waals surface area contributed by atoms with Gasteiger partial charge >= 0.3 is 5.97 Å². The summed E-state index contributed by atoms with van der Waals surface area (Å²) < 4.78 is 4.11. The molecule has 0 heterocycles. The van der Waals surface area contributed by atoms with Gasteiger partial charge in [-0.3, -0.25) is 9.59 Å². The molecule has 8 nitrogen and oxygen atoms in total. The molecule has 0 aliphatic rings. The molecule has 0 atom stereocenters. The van der Waals surface area contributed by atoms with Gasteiger partial charge in [-0.05, 0) is 13.8 Å². The summed E-state index contributed by atoms with van der Waals surface area (Å²) in [7, 11) is 5.94. The van der Waals surface area contributed by atoms with Crippen LogP contribution in [-0.2, 0) is 24.0 Å². The Morgan fingerprint density at radius 3 is 1.22 bits per heavy atom. The zero-order valence-electron chi connectivity index (χ0n) is 15.6. The second-order valence-electron chi connectivity index (χ2n) is 3.03. The van der Waals surface area contributed by atoms with Crippen LogP contribution in [0.15, 0.2) is 10.3 Å². The average molecular weight is 339 g/mol. The van der Waals surface area contributed by atoms with Crippen molar-refractivity contribution in [3.8, 4) is 0 Å². The predicted octanol–water partition coefficient (Wildman–Crippen LogP) is 2.87. The molecule has 8 heteroatoms. The van der Waals surface area contributed by atoms with Crippen LogP contribution in [0.4, 0.5) is 0 Å². The van der Waals surface area contributed by atoms with Gasteiger partial charge in [-0.2, -0.15) is 0 Å². The van der Waals surface area contributed by atoms with E-state index >= 15 is 0 Å². The summed E-state index contributed by atoms with van der Waals surface area (Å²) in [6.45, 7) is 13.6. The van der Waals surface area contributed by atoms with Gasteiger partial charge in [0.15, 0.2) is 0 Å². The number of esters is 1. The van der Waals surface area contributed by atoms with Crippen molar-refractivity contribution >= 4 is 24.3 Å². The number of amides is 1. The molecule has 0 unspecified atom stereocenters. The number of nitrogens with zero attached hydrogens (tertiary/aromatic N) is 2. The lowest BCUT2D eigenvalue weighted by molar-refractivity contribution is -0.137. The van der Waals surface area contributed by atoms with Crippen LogP contribution < -0.4 is 5.32 Å². The molecular formula is C15H37N3O5. The maximum absolute atomic E-state index is 9.70. The Morgan fingerprint density at radius 1 is 0.957 bits per heavy atom. The van der Waals surface area contributed by atoms with E-state index in [1.807, 2.05) is 27.7 Å². The molecule has 0 aliphatic heterocycles. The Hall–Kier alpha value is -2.12. The number of oxime groups is 2. The van der Waals surface area contributed by atoms with E-state index in [1.165, 1.54) is 35.2 Å². The topological polar surface area (TPSA) is 98.6 Å². The molecule has 23 heavy (non-hydrogen) atoms. The third kappa shape index (κ3) is 184. The minimum Gasteiger partial charge on any atom is -0.469 e. The van der Waals surface area contributed by atoms with Gasteiger partial charge in [-0.1, -0.05) is 26.4 Å². The molecule has 0 aromatic rings. The van der Waals surface area contributed by atoms with Crippen molar-refractivity contribution in [1.82, 2.24) is 5.32 Å². The maximum atomic E-state index is 9.70. The Kier molecular flexibility index (Phi) is 69.2. The van der Waals surface area contributed by atoms with Crippen LogP contribution in [0.25, 0.3) is 0 Å². The van der Waals surface area contributed by atoms with Gasteiger partial charge in [-0.15, -0.1) is 5.16 Å². The second-order valence-corrected chi connectivity index (χ2v) is 3.03. The summed E-state index contributed by atoms with van der Waals surface area (Å²) in [6.07, 6.45) is 0. The third-order valence-electron chi connectivity index (χ3n) is 1.04. The minimum atomic E-state index is -0.245. The van der Waals surface area contributed by atoms with E-state index < -0.39 is 0 Å². The largest absolute Gasteiger partial charge is 0.469 e. The third-order valence-corrected chi connectivity index (χ3v) is 1.04. The molecule has 0 saturated carbocycles. The van der Waals surface area contributed by atoms with Crippen molar-refractivity contribution < 1.29 is 24.0 Å². The zero-order valence-corrected chi connectivity index (χ0v) is 15.6. The van der Waals surface area contributed by atoms with Gasteiger partial charge in [0, 0.05) is 27.6 Å². The van der Waals surface area contributed by atoms with E-state index in [2.05, 4.69) is 36.8 Å². The molecular weight excluding hydrogens is 302 g/mol. The summed E-state index contributed by atoms with van der Waals surface area (Å²) in [5.74, 6) is -0.241. The lowest BCUT2D eigenvalue weighted by Crippen LogP contribution is -2.11. The van der Waals surface area contributed by atoms with Crippen molar-refractivity contribution in [2.24, 2.45) is 10.3 Å². The molecule has 0 aliphatic carbocycles. The molecule has 0 bridgehead atoms. The van der Waals surface area contributed by atoms with Crippen molar-refractivity contribution in [2.75, 3.05) is 28.4 Å². The van der Waals surface area contributed by atoms with Gasteiger partial charge in [0.1, 0.15) is 14.2 Å². The lowest BCUT2D eigenvalue weighted by Gasteiger charge is -1.83. The zero-order chi connectivity index (χ0) is 19.0. The van der Waals surface area contributed by atoms with Gasteiger partial charge in [0.2, 0.25) is 5.91 Å². The van der Waals surface area contributed by atoms with Crippen molar-refractivity contribution in [1.29, 1.82) is 0 Å². The number of nitrogens with one attached hydrogen (secondary N) is 1. The highest BCUT2D eigenvalue weighted by Crippen LogP contribution is 1.71. The van der Waals surface area contributed by atoms with E-state index in [0.29, 0.717) is 0 Å². The number of carbonyl (C=O) groups excluding carboxylic acids is 2. The fourth-order valence-electron chi connectivity index (χ4n) is 0.183. The minimum absolute atomic E-state index is 0. The highest BCUT2D eigenvalue weighted by Gasteiger charge is 1.75. The summed E-state index contributed by atoms with van der Waals surface area (Å²) in [4.78, 5) is 27.7. The Morgan fingerprint density at radius 2 is 1.22 bits per heavy atom. The molecule has 0 aromatic carbocycles. The Bertz CT molecular complexity index is 252. The molecule has 0 rings (SSSR count). The van der Waals surface area contributed by atoms with Crippen LogP contribution in [0.2, 0.25) is 0 Å². The molecule has 142 valence electrons. The van der Waals surface area contributed by atoms with Crippen LogP contribution in [0, 0.1) is 0 Å². The predicted molar refractivity (Wildman–Crippen MR) is 97.9 cm³/mol. The summed E-state index contributed by atoms with van der Waals surface area (Å²) in [5.41, 5.74) is 0.942. The van der Waals surface area contributed by atoms with Gasteiger partial charge in [0.25, 0.3) is 0 Å². The second kappa shape index (κ2) is 42.7. The first-order chi connectivity index (χ1) is 10.2. The van der Waals surface area contributed by atoms with E-state index in [1.54, 1.807) is 7.05 Å². The average Bonchev–Trinajstić information content (AvgIpc) is 2.50. The molecule has 1 amide bonds. The summed E-state index contributed by atoms with van der Waals surface area (Å²) in [5, 5.41) is 8.92. The number of methoxy groups -OCH3 is 1. The first kappa shape index (κ1) is 37.3. The Balaban J connectivity index is -0.0000000401. The quantitative estimate of drug-likeness (QED) is 0.474. The Labute approximate surface area is 142 Å². The molecule has 0 aromatic heterocycles. The fraction of sp³-hybridized carbons (Fsp3) is 0.733. The van der Waals surface area contributed by atoms with E-state index in [0.717, 1.165) is 5.71 Å². The normalized spacial score (nSPS) is 6.00. The van der Waals surface area contributed by atoms with Gasteiger partial charge < -0.3 is 19.7 Å². The molecule has 0 saturated heterocycles. The number of carbonyl (C=O) groups is 2. The lowest BCUT2D eigenvalue weighted by atomic mass is 10.5. The first-order valence-corrected chi connectivity index (χ1v) is 6.49. The van der Waals surface area contributed by atoms with Gasteiger partial charge in [-0.25, -0.2) is 0 Å². The highest BCUT2D eigenvalue weighted by atomic mass is 16.6. The van der Waals surface area contributed by atoms with Crippen molar-refractivity contribution in [3.63, 3.8) is 0 Å². The first-order valence-electron chi connectivity index (χ1n) is 6.49. The van der Waals surface area contributed by atoms with Crippen LogP contribution in [0.5, 0.6) is 0 Å². The molecule has 1 N–H and O–H groups in total. The van der Waals surface area contributed by atoms with Gasteiger partial charge in [0.05, 0.1) is 12.8 Å². The van der Waals surface area contributed by atoms with Crippen LogP contribution in [-0.4, -0.2) is 52.7 Å². The molecule has 0 fully saturated rings. The summed E-state index contributed by atoms with van der Waals surface area (Å²) in [6, 6.07) is 0. The molecule has 0 spiro atoms. The smallest absolute Gasteiger partial charge is 0.302 e. The fourth-order valence-corrected chi connectivity index (χ4v) is 0.183. The maximum Gasteiger partial charge on any atom is 0.302 e. The van der Waals surface area contributed by atoms with Crippen LogP contribution in [0.1, 0.15) is 49.0 Å². The van der Waals surface area contributed by atoms with Crippen molar-refractivity contribution in [2.45, 2.75) is 49.0 Å². The number of rotatable bonds is 2. The molecule has 0 radical (unpaired) electrons. The van der Waals surface area contributed by atoms with E-state index in [9.17, 15) is 9.59 Å². The summed E-state index contributed by atoms with van der Waals surface area (Å²) >= 11 is 0. The van der Waals surface area contributed by atoms with E-state index in [-0.39, 0.29) is 19.3 Å². The van der Waals surface area contributed by atoms with Crippen LogP contribution >= 0.6 is 0 Å². The number of hydrogen-bond donors (Lipinski definition) is 1. The standard InChI is InChI=1S/C4H9NO.C3H7NO.C3H6O2.C2H5NO.C2H6.CH4/c1-4(2)5-6-3;1-3(5)4-2;1-3(4)5-2;1-3-4-2;1-2;/h1-3H3;1-2H3,(H,4,5);1-2H3;1H2,2H3;1-2H3;1H4. The van der Waals surface area contributed by atoms with Crippen molar-refractivity contribution in [3.05, 3.63) is 0 Å².